The predicted octanol–water partition coefficient (Wildman–Crippen LogP) is -2.43. The van der Waals surface area contributed by atoms with Gasteiger partial charge in [0.15, 0.2) is 12.2 Å². The molecule has 0 radical (unpaired) electrons. The van der Waals surface area contributed by atoms with Crippen LogP contribution < -0.4 is 5.73 Å². The van der Waals surface area contributed by atoms with Crippen LogP contribution in [0.5, 0.6) is 0 Å². The standard InChI is InChI=1S/C9H15NO6/c10-2-1-3-15-8-6(13)9(14)16-7(8)5(12)4-11/h5,7-8,11-12H,1-4,10H2/t5-,7+,8?/m0/s1. The molecular weight excluding hydrogens is 218 g/mol. The quantitative estimate of drug-likeness (QED) is 0.265. The highest BCUT2D eigenvalue weighted by atomic mass is 16.6. The van der Waals surface area contributed by atoms with E-state index < -0.39 is 36.7 Å². The molecular formula is C9H15NO6. The smallest absolute Gasteiger partial charge is 0.378 e. The molecule has 0 aromatic rings. The number of cyclic esters (lactones) is 1. The highest BCUT2D eigenvalue weighted by molar-refractivity contribution is 6.37. The summed E-state index contributed by atoms with van der Waals surface area (Å²) < 4.78 is 9.73. The lowest BCUT2D eigenvalue weighted by Gasteiger charge is -2.20. The number of ether oxygens (including phenoxy) is 2. The Hall–Kier alpha value is -1.02. The minimum absolute atomic E-state index is 0.193. The number of ketones is 1. The highest BCUT2D eigenvalue weighted by Gasteiger charge is 2.47. The van der Waals surface area contributed by atoms with Crippen molar-refractivity contribution in [3.8, 4) is 0 Å². The Bertz CT molecular complexity index is 269. The van der Waals surface area contributed by atoms with Gasteiger partial charge in [0.25, 0.3) is 5.78 Å². The summed E-state index contributed by atoms with van der Waals surface area (Å²) in [5, 5.41) is 18.1. The Kier molecular flexibility index (Phi) is 4.81. The van der Waals surface area contributed by atoms with E-state index in [1.165, 1.54) is 0 Å². The summed E-state index contributed by atoms with van der Waals surface area (Å²) in [6, 6.07) is 0. The van der Waals surface area contributed by atoms with Crippen LogP contribution in [-0.4, -0.2) is 60.0 Å². The summed E-state index contributed by atoms with van der Waals surface area (Å²) in [5.74, 6) is -1.88. The van der Waals surface area contributed by atoms with Gasteiger partial charge in [-0.25, -0.2) is 4.79 Å². The van der Waals surface area contributed by atoms with E-state index in [9.17, 15) is 14.7 Å². The molecule has 7 nitrogen and oxygen atoms in total. The highest BCUT2D eigenvalue weighted by Crippen LogP contribution is 2.18. The Morgan fingerprint density at radius 2 is 2.19 bits per heavy atom. The van der Waals surface area contributed by atoms with Gasteiger partial charge in [0.05, 0.1) is 6.61 Å². The number of aliphatic hydroxyl groups is 2. The van der Waals surface area contributed by atoms with Gasteiger partial charge in [-0.2, -0.15) is 0 Å². The molecule has 0 saturated carbocycles. The number of aliphatic hydroxyl groups excluding tert-OH is 2. The Morgan fingerprint density at radius 3 is 2.75 bits per heavy atom. The zero-order chi connectivity index (χ0) is 12.1. The summed E-state index contributed by atoms with van der Waals surface area (Å²) in [4.78, 5) is 22.3. The molecule has 1 aliphatic heterocycles. The number of rotatable bonds is 6. The van der Waals surface area contributed by atoms with Crippen molar-refractivity contribution in [1.29, 1.82) is 0 Å². The largest absolute Gasteiger partial charge is 0.450 e. The fraction of sp³-hybridized carbons (Fsp3) is 0.778. The summed E-state index contributed by atoms with van der Waals surface area (Å²) in [5.41, 5.74) is 5.24. The molecule has 0 aromatic heterocycles. The van der Waals surface area contributed by atoms with Gasteiger partial charge in [-0.05, 0) is 13.0 Å². The molecule has 7 heteroatoms. The molecule has 0 aromatic carbocycles. The summed E-state index contributed by atoms with van der Waals surface area (Å²) in [7, 11) is 0. The lowest BCUT2D eigenvalue weighted by Crippen LogP contribution is -2.41. The maximum atomic E-state index is 11.3. The van der Waals surface area contributed by atoms with Crippen LogP contribution in [0.15, 0.2) is 0 Å². The van der Waals surface area contributed by atoms with Crippen LogP contribution in [0, 0.1) is 0 Å². The number of Topliss-reactive ketones (excluding diaryl/α,β-unsaturated/α-hetero) is 1. The first-order valence-corrected chi connectivity index (χ1v) is 4.97. The van der Waals surface area contributed by atoms with Gasteiger partial charge in [0, 0.05) is 6.61 Å². The molecule has 0 spiro atoms. The average molecular weight is 233 g/mol. The fourth-order valence-corrected chi connectivity index (χ4v) is 1.36. The molecule has 1 saturated heterocycles. The summed E-state index contributed by atoms with van der Waals surface area (Å²) >= 11 is 0. The first-order valence-electron chi connectivity index (χ1n) is 4.97. The van der Waals surface area contributed by atoms with Crippen molar-refractivity contribution < 1.29 is 29.3 Å². The first kappa shape index (κ1) is 13.0. The van der Waals surface area contributed by atoms with Crippen molar-refractivity contribution in [3.05, 3.63) is 0 Å². The van der Waals surface area contributed by atoms with E-state index in [1.54, 1.807) is 0 Å². The molecule has 1 fully saturated rings. The molecule has 1 aliphatic rings. The molecule has 16 heavy (non-hydrogen) atoms. The molecule has 1 unspecified atom stereocenters. The number of carbonyl (C=O) groups is 2. The van der Waals surface area contributed by atoms with E-state index >= 15 is 0 Å². The van der Waals surface area contributed by atoms with Gasteiger partial charge in [0.1, 0.15) is 6.10 Å². The van der Waals surface area contributed by atoms with Crippen molar-refractivity contribution in [1.82, 2.24) is 0 Å². The van der Waals surface area contributed by atoms with Crippen LogP contribution in [0.1, 0.15) is 6.42 Å². The van der Waals surface area contributed by atoms with Crippen LogP contribution >= 0.6 is 0 Å². The third-order valence-corrected chi connectivity index (χ3v) is 2.21. The molecule has 0 aliphatic carbocycles. The number of hydrogen-bond donors (Lipinski definition) is 3. The lowest BCUT2D eigenvalue weighted by molar-refractivity contribution is -0.152. The number of nitrogens with two attached hydrogens (primary N) is 1. The molecule has 3 atom stereocenters. The zero-order valence-electron chi connectivity index (χ0n) is 8.67. The SMILES string of the molecule is NCCCOC1C(=O)C(=O)O[C@@H]1[C@@H](O)CO. The molecule has 92 valence electrons. The fourth-order valence-electron chi connectivity index (χ4n) is 1.36. The summed E-state index contributed by atoms with van der Waals surface area (Å²) in [6.07, 6.45) is -3.08. The molecule has 1 rings (SSSR count). The molecule has 0 amide bonds. The van der Waals surface area contributed by atoms with Crippen molar-refractivity contribution in [2.75, 3.05) is 19.8 Å². The average Bonchev–Trinajstić information content (AvgIpc) is 2.56. The summed E-state index contributed by atoms with van der Waals surface area (Å²) in [6.45, 7) is -0.0247. The second kappa shape index (κ2) is 5.90. The second-order valence-electron chi connectivity index (χ2n) is 3.42. The van der Waals surface area contributed by atoms with Gasteiger partial charge in [-0.1, -0.05) is 0 Å². The number of esters is 1. The molecule has 4 N–H and O–H groups in total. The van der Waals surface area contributed by atoms with E-state index in [1.807, 2.05) is 0 Å². The van der Waals surface area contributed by atoms with Crippen LogP contribution in [-0.2, 0) is 19.1 Å². The number of carbonyl (C=O) groups excluding carboxylic acids is 2. The second-order valence-corrected chi connectivity index (χ2v) is 3.42. The van der Waals surface area contributed by atoms with Crippen molar-refractivity contribution >= 4 is 11.8 Å². The maximum absolute atomic E-state index is 11.3. The van der Waals surface area contributed by atoms with E-state index in [0.717, 1.165) is 0 Å². The minimum Gasteiger partial charge on any atom is -0.450 e. The monoisotopic (exact) mass is 233 g/mol. The Labute approximate surface area is 92.1 Å². The Morgan fingerprint density at radius 1 is 1.50 bits per heavy atom. The van der Waals surface area contributed by atoms with Crippen molar-refractivity contribution in [2.45, 2.75) is 24.7 Å². The third kappa shape index (κ3) is 2.76. The molecule has 0 bridgehead atoms. The zero-order valence-corrected chi connectivity index (χ0v) is 8.67. The van der Waals surface area contributed by atoms with Gasteiger partial charge in [-0.15, -0.1) is 0 Å². The number of hydrogen-bond acceptors (Lipinski definition) is 7. The van der Waals surface area contributed by atoms with Crippen LogP contribution in [0.3, 0.4) is 0 Å². The van der Waals surface area contributed by atoms with Crippen LogP contribution in [0.25, 0.3) is 0 Å². The minimum atomic E-state index is -1.32. The Balaban J connectivity index is 2.60. The van der Waals surface area contributed by atoms with Gasteiger partial charge < -0.3 is 25.4 Å². The lowest BCUT2D eigenvalue weighted by atomic mass is 10.1. The van der Waals surface area contributed by atoms with E-state index in [2.05, 4.69) is 4.74 Å². The normalized spacial score (nSPS) is 26.9. The maximum Gasteiger partial charge on any atom is 0.378 e. The predicted molar refractivity (Wildman–Crippen MR) is 51.4 cm³/mol. The van der Waals surface area contributed by atoms with Gasteiger partial charge in [-0.3, -0.25) is 4.79 Å². The van der Waals surface area contributed by atoms with Gasteiger partial charge >= 0.3 is 5.97 Å². The van der Waals surface area contributed by atoms with Crippen LogP contribution in [0.2, 0.25) is 0 Å². The van der Waals surface area contributed by atoms with Crippen molar-refractivity contribution in [3.63, 3.8) is 0 Å². The topological polar surface area (TPSA) is 119 Å². The third-order valence-electron chi connectivity index (χ3n) is 2.21. The first-order chi connectivity index (χ1) is 7.61. The van der Waals surface area contributed by atoms with E-state index in [0.29, 0.717) is 13.0 Å². The van der Waals surface area contributed by atoms with E-state index in [4.69, 9.17) is 15.6 Å². The van der Waals surface area contributed by atoms with Crippen molar-refractivity contribution in [2.24, 2.45) is 5.73 Å². The van der Waals surface area contributed by atoms with E-state index in [-0.39, 0.29) is 6.61 Å². The molecule has 1 heterocycles. The van der Waals surface area contributed by atoms with Crippen LogP contribution in [0.4, 0.5) is 0 Å². The van der Waals surface area contributed by atoms with Gasteiger partial charge in [0.2, 0.25) is 0 Å².